The molecular formula is C18H14F2N2O3S. The molecular weight excluding hydrogens is 362 g/mol. The van der Waals surface area contributed by atoms with Gasteiger partial charge >= 0.3 is 6.61 Å². The maximum atomic E-state index is 12.8. The van der Waals surface area contributed by atoms with E-state index in [1.54, 1.807) is 42.5 Å². The van der Waals surface area contributed by atoms with Crippen LogP contribution in [0.3, 0.4) is 0 Å². The van der Waals surface area contributed by atoms with Gasteiger partial charge in [0.1, 0.15) is 17.2 Å². The van der Waals surface area contributed by atoms with Crippen LogP contribution in [-0.2, 0) is 4.79 Å². The normalized spacial score (nSPS) is 15.5. The third-order valence-corrected chi connectivity index (χ3v) is 3.92. The molecule has 0 aromatic heterocycles. The molecule has 26 heavy (non-hydrogen) atoms. The molecule has 2 aromatic rings. The molecule has 1 amide bonds. The Morgan fingerprint density at radius 1 is 1.12 bits per heavy atom. The molecule has 0 atom stereocenters. The summed E-state index contributed by atoms with van der Waals surface area (Å²) in [5.41, 5.74) is 0.956. The van der Waals surface area contributed by atoms with Gasteiger partial charge in [0.2, 0.25) is 0 Å². The van der Waals surface area contributed by atoms with Crippen LogP contribution in [0.2, 0.25) is 0 Å². The van der Waals surface area contributed by atoms with E-state index >= 15 is 0 Å². The van der Waals surface area contributed by atoms with Crippen LogP contribution in [0.1, 0.15) is 5.56 Å². The van der Waals surface area contributed by atoms with Gasteiger partial charge < -0.3 is 14.8 Å². The van der Waals surface area contributed by atoms with E-state index in [0.29, 0.717) is 17.0 Å². The van der Waals surface area contributed by atoms with Crippen molar-refractivity contribution in [1.82, 2.24) is 5.32 Å². The molecule has 1 aliphatic rings. The minimum absolute atomic E-state index is 0.0359. The van der Waals surface area contributed by atoms with Crippen LogP contribution >= 0.6 is 12.2 Å². The summed E-state index contributed by atoms with van der Waals surface area (Å²) >= 11 is 5.25. The number of halogens is 2. The number of thiocarbonyl (C=S) groups is 1. The number of benzene rings is 2. The topological polar surface area (TPSA) is 50.8 Å². The van der Waals surface area contributed by atoms with E-state index in [-0.39, 0.29) is 16.6 Å². The Hall–Kier alpha value is -3.00. The van der Waals surface area contributed by atoms with Gasteiger partial charge in [-0.2, -0.15) is 8.78 Å². The zero-order valence-corrected chi connectivity index (χ0v) is 14.4. The smallest absolute Gasteiger partial charge is 0.387 e. The second kappa shape index (κ2) is 7.49. The van der Waals surface area contributed by atoms with E-state index in [1.807, 2.05) is 0 Å². The summed E-state index contributed by atoms with van der Waals surface area (Å²) in [4.78, 5) is 14.1. The molecule has 2 aromatic carbocycles. The average molecular weight is 376 g/mol. The molecule has 1 heterocycles. The summed E-state index contributed by atoms with van der Waals surface area (Å²) in [5.74, 6) is 0.0188. The molecule has 1 N–H and O–H groups in total. The average Bonchev–Trinajstić information content (AvgIpc) is 2.89. The zero-order valence-electron chi connectivity index (χ0n) is 13.6. The van der Waals surface area contributed by atoms with Gasteiger partial charge in [-0.3, -0.25) is 4.79 Å². The molecule has 5 nitrogen and oxygen atoms in total. The van der Waals surface area contributed by atoms with Crippen LogP contribution in [0, 0.1) is 0 Å². The minimum Gasteiger partial charge on any atom is -0.495 e. The van der Waals surface area contributed by atoms with Crippen molar-refractivity contribution < 1.29 is 23.0 Å². The van der Waals surface area contributed by atoms with Crippen LogP contribution in [0.4, 0.5) is 14.5 Å². The molecule has 0 unspecified atom stereocenters. The monoisotopic (exact) mass is 376 g/mol. The van der Waals surface area contributed by atoms with Crippen molar-refractivity contribution in [2.75, 3.05) is 12.0 Å². The van der Waals surface area contributed by atoms with Crippen molar-refractivity contribution >= 4 is 35.0 Å². The Morgan fingerprint density at radius 3 is 2.46 bits per heavy atom. The number of anilines is 1. The van der Waals surface area contributed by atoms with Crippen LogP contribution in [0.5, 0.6) is 11.5 Å². The Bertz CT molecular complexity index is 886. The molecule has 0 spiro atoms. The van der Waals surface area contributed by atoms with Gasteiger partial charge in [0.05, 0.1) is 12.8 Å². The first kappa shape index (κ1) is 17.8. The van der Waals surface area contributed by atoms with Crippen molar-refractivity contribution in [2.45, 2.75) is 6.61 Å². The summed E-state index contributed by atoms with van der Waals surface area (Å²) in [6, 6.07) is 13.1. The molecule has 0 saturated carbocycles. The van der Waals surface area contributed by atoms with Crippen LogP contribution in [-0.4, -0.2) is 24.7 Å². The summed E-state index contributed by atoms with van der Waals surface area (Å²) < 4.78 is 34.9. The highest BCUT2D eigenvalue weighted by molar-refractivity contribution is 7.80. The SMILES string of the molecule is COc1ccccc1N1C(=O)/C(=C\c2ccccc2OC(F)F)NC1=S. The fourth-order valence-electron chi connectivity index (χ4n) is 2.53. The van der Waals surface area contributed by atoms with E-state index in [1.165, 1.54) is 24.2 Å². The molecule has 0 aliphatic carbocycles. The number of nitrogens with zero attached hydrogens (tertiary/aromatic N) is 1. The standard InChI is InChI=1S/C18H14F2N2O3S/c1-24-15-9-5-3-7-13(15)22-16(23)12(21-18(22)26)10-11-6-2-4-8-14(11)25-17(19)20/h2-10,17H,1H3,(H,21,26)/b12-10+. The highest BCUT2D eigenvalue weighted by atomic mass is 32.1. The lowest BCUT2D eigenvalue weighted by Crippen LogP contribution is -2.30. The Labute approximate surface area is 153 Å². The number of carbonyl (C=O) groups excluding carboxylic acids is 1. The number of amides is 1. The van der Waals surface area contributed by atoms with Crippen LogP contribution in [0.25, 0.3) is 6.08 Å². The highest BCUT2D eigenvalue weighted by Gasteiger charge is 2.33. The molecule has 3 rings (SSSR count). The number of rotatable bonds is 5. The fourth-order valence-corrected chi connectivity index (χ4v) is 2.82. The lowest BCUT2D eigenvalue weighted by atomic mass is 10.1. The predicted molar refractivity (Wildman–Crippen MR) is 97.3 cm³/mol. The number of hydrogen-bond acceptors (Lipinski definition) is 4. The van der Waals surface area contributed by atoms with Gasteiger partial charge in [0, 0.05) is 5.56 Å². The van der Waals surface area contributed by atoms with E-state index in [4.69, 9.17) is 17.0 Å². The molecule has 1 fully saturated rings. The predicted octanol–water partition coefficient (Wildman–Crippen LogP) is 3.56. The summed E-state index contributed by atoms with van der Waals surface area (Å²) in [7, 11) is 1.49. The first-order valence-electron chi connectivity index (χ1n) is 7.55. The number of ether oxygens (including phenoxy) is 2. The van der Waals surface area contributed by atoms with E-state index < -0.39 is 12.5 Å². The molecule has 8 heteroatoms. The number of methoxy groups -OCH3 is 1. The fraction of sp³-hybridized carbons (Fsp3) is 0.111. The van der Waals surface area contributed by atoms with Crippen molar-refractivity contribution in [1.29, 1.82) is 0 Å². The second-order valence-corrected chi connectivity index (χ2v) is 5.60. The van der Waals surface area contributed by atoms with Crippen molar-refractivity contribution in [3.8, 4) is 11.5 Å². The first-order valence-corrected chi connectivity index (χ1v) is 7.96. The van der Waals surface area contributed by atoms with Crippen molar-refractivity contribution in [3.05, 3.63) is 59.8 Å². The largest absolute Gasteiger partial charge is 0.495 e. The minimum atomic E-state index is -2.96. The number of para-hydroxylation sites is 3. The number of nitrogens with one attached hydrogen (secondary N) is 1. The summed E-state index contributed by atoms with van der Waals surface area (Å²) in [5, 5.41) is 2.97. The lowest BCUT2D eigenvalue weighted by molar-refractivity contribution is -0.113. The van der Waals surface area contributed by atoms with E-state index in [2.05, 4.69) is 10.1 Å². The maximum Gasteiger partial charge on any atom is 0.387 e. The molecule has 0 radical (unpaired) electrons. The number of hydrogen-bond donors (Lipinski definition) is 1. The van der Waals surface area contributed by atoms with Gasteiger partial charge in [-0.05, 0) is 36.5 Å². The number of alkyl halides is 2. The molecule has 134 valence electrons. The van der Waals surface area contributed by atoms with Gasteiger partial charge in [-0.15, -0.1) is 0 Å². The number of carbonyl (C=O) groups is 1. The Kier molecular flexibility index (Phi) is 5.13. The van der Waals surface area contributed by atoms with Gasteiger partial charge in [0.25, 0.3) is 5.91 Å². The quantitative estimate of drug-likeness (QED) is 0.639. The molecule has 1 saturated heterocycles. The Balaban J connectivity index is 1.96. The van der Waals surface area contributed by atoms with Crippen molar-refractivity contribution in [2.24, 2.45) is 0 Å². The third-order valence-electron chi connectivity index (χ3n) is 3.64. The maximum absolute atomic E-state index is 12.8. The summed E-state index contributed by atoms with van der Waals surface area (Å²) in [6.07, 6.45) is 1.42. The van der Waals surface area contributed by atoms with E-state index in [9.17, 15) is 13.6 Å². The van der Waals surface area contributed by atoms with E-state index in [0.717, 1.165) is 0 Å². The summed E-state index contributed by atoms with van der Waals surface area (Å²) in [6.45, 7) is -2.96. The van der Waals surface area contributed by atoms with Gasteiger partial charge in [-0.1, -0.05) is 30.3 Å². The molecule has 1 aliphatic heterocycles. The second-order valence-electron chi connectivity index (χ2n) is 5.22. The Morgan fingerprint density at radius 2 is 1.77 bits per heavy atom. The van der Waals surface area contributed by atoms with Crippen molar-refractivity contribution in [3.63, 3.8) is 0 Å². The van der Waals surface area contributed by atoms with Gasteiger partial charge in [0.15, 0.2) is 5.11 Å². The highest BCUT2D eigenvalue weighted by Crippen LogP contribution is 2.32. The zero-order chi connectivity index (χ0) is 18.7. The lowest BCUT2D eigenvalue weighted by Gasteiger charge is -2.17. The van der Waals surface area contributed by atoms with Crippen LogP contribution in [0.15, 0.2) is 54.2 Å². The molecule has 0 bridgehead atoms. The first-order chi connectivity index (χ1) is 12.5. The third kappa shape index (κ3) is 3.50. The van der Waals surface area contributed by atoms with Crippen LogP contribution < -0.4 is 19.7 Å². The van der Waals surface area contributed by atoms with Gasteiger partial charge in [-0.25, -0.2) is 4.90 Å².